The maximum Gasteiger partial charge on any atom is 0.317 e. The summed E-state index contributed by atoms with van der Waals surface area (Å²) in [5, 5.41) is 10.2. The van der Waals surface area contributed by atoms with Crippen molar-refractivity contribution in [3.63, 3.8) is 0 Å². The van der Waals surface area contributed by atoms with Crippen LogP contribution in [-0.2, 0) is 9.53 Å². The molecule has 1 unspecified atom stereocenters. The van der Waals surface area contributed by atoms with Crippen LogP contribution in [0, 0.1) is 11.8 Å². The number of urea groups is 1. The zero-order chi connectivity index (χ0) is 26.5. The molecule has 0 aromatic heterocycles. The van der Waals surface area contributed by atoms with E-state index in [0.717, 1.165) is 44.3 Å². The molecule has 8 heteroatoms. The lowest BCUT2D eigenvalue weighted by Crippen LogP contribution is -2.52. The van der Waals surface area contributed by atoms with Crippen LogP contribution in [-0.4, -0.2) is 62.7 Å². The number of carbonyl (C=O) groups excluding carboxylic acids is 2. The maximum absolute atomic E-state index is 13.4. The highest BCUT2D eigenvalue weighted by Gasteiger charge is 2.32. The Morgan fingerprint density at radius 1 is 1.16 bits per heavy atom. The molecule has 3 atom stereocenters. The number of likely N-dealkylation sites (tertiary alicyclic amines) is 1. The second kappa shape index (κ2) is 16.2. The summed E-state index contributed by atoms with van der Waals surface area (Å²) in [6, 6.07) is 7.92. The molecule has 3 rings (SSSR count). The summed E-state index contributed by atoms with van der Waals surface area (Å²) in [4.78, 5) is 27.4. The standard InChI is InChI=1S/C29H47ClN4O3/c1-3-15-32-27(35)14-17-37-28(23-11-7-13-25(30)19-23)24-12-8-16-34(21-24)29(36)33-26(20-31-2)18-22-9-5-4-6-10-22/h7,11,13,19,22,24,26,28,31H,3-6,8-10,12,14-18,20-21H2,1-2H3,(H,32,35)(H,33,36)/t24-,26+,28?/m1/s1. The molecule has 208 valence electrons. The number of nitrogens with one attached hydrogen (secondary N) is 3. The van der Waals surface area contributed by atoms with Crippen LogP contribution in [0.25, 0.3) is 0 Å². The van der Waals surface area contributed by atoms with Crippen molar-refractivity contribution in [3.05, 3.63) is 34.9 Å². The lowest BCUT2D eigenvalue weighted by atomic mass is 9.85. The van der Waals surface area contributed by atoms with E-state index < -0.39 is 0 Å². The zero-order valence-electron chi connectivity index (χ0n) is 22.8. The highest BCUT2D eigenvalue weighted by molar-refractivity contribution is 6.30. The summed E-state index contributed by atoms with van der Waals surface area (Å²) in [5.41, 5.74) is 0.999. The van der Waals surface area contributed by atoms with Gasteiger partial charge in [0, 0.05) is 49.6 Å². The number of ether oxygens (including phenoxy) is 1. The van der Waals surface area contributed by atoms with E-state index in [4.69, 9.17) is 16.3 Å². The molecule has 0 spiro atoms. The number of benzene rings is 1. The summed E-state index contributed by atoms with van der Waals surface area (Å²) in [7, 11) is 1.95. The Kier molecular flexibility index (Phi) is 13.0. The van der Waals surface area contributed by atoms with Gasteiger partial charge in [-0.05, 0) is 56.3 Å². The molecule has 1 aromatic carbocycles. The monoisotopic (exact) mass is 534 g/mol. The van der Waals surface area contributed by atoms with E-state index in [2.05, 4.69) is 16.0 Å². The van der Waals surface area contributed by atoms with Crippen LogP contribution in [0.15, 0.2) is 24.3 Å². The minimum Gasteiger partial charge on any atom is -0.373 e. The van der Waals surface area contributed by atoms with Crippen LogP contribution in [0.4, 0.5) is 4.79 Å². The van der Waals surface area contributed by atoms with Gasteiger partial charge in [-0.2, -0.15) is 0 Å². The topological polar surface area (TPSA) is 82.7 Å². The van der Waals surface area contributed by atoms with Gasteiger partial charge in [-0.15, -0.1) is 0 Å². The normalized spacial score (nSPS) is 20.3. The first-order valence-corrected chi connectivity index (χ1v) is 14.7. The van der Waals surface area contributed by atoms with Gasteiger partial charge < -0.3 is 25.6 Å². The number of carbonyl (C=O) groups is 2. The Hall–Kier alpha value is -1.83. The molecule has 1 aliphatic heterocycles. The summed E-state index contributed by atoms with van der Waals surface area (Å²) in [6.07, 6.45) is 10.4. The van der Waals surface area contributed by atoms with Crippen LogP contribution in [0.1, 0.15) is 82.8 Å². The van der Waals surface area contributed by atoms with Crippen LogP contribution in [0.5, 0.6) is 0 Å². The Balaban J connectivity index is 1.62. The Morgan fingerprint density at radius 2 is 1.97 bits per heavy atom. The van der Waals surface area contributed by atoms with Crippen molar-refractivity contribution in [2.45, 2.75) is 83.3 Å². The molecular formula is C29H47ClN4O3. The highest BCUT2D eigenvalue weighted by Crippen LogP contribution is 2.34. The largest absolute Gasteiger partial charge is 0.373 e. The molecule has 2 fully saturated rings. The minimum absolute atomic E-state index is 0.00452. The fourth-order valence-electron chi connectivity index (χ4n) is 5.79. The van der Waals surface area contributed by atoms with Crippen molar-refractivity contribution in [2.24, 2.45) is 11.8 Å². The molecule has 1 aliphatic carbocycles. The van der Waals surface area contributed by atoms with E-state index >= 15 is 0 Å². The van der Waals surface area contributed by atoms with Crippen molar-refractivity contribution in [1.82, 2.24) is 20.9 Å². The fourth-order valence-corrected chi connectivity index (χ4v) is 5.99. The van der Waals surface area contributed by atoms with E-state index in [1.165, 1.54) is 32.1 Å². The average Bonchev–Trinajstić information content (AvgIpc) is 2.90. The van der Waals surface area contributed by atoms with Crippen molar-refractivity contribution in [3.8, 4) is 0 Å². The lowest BCUT2D eigenvalue weighted by molar-refractivity contribution is -0.123. The maximum atomic E-state index is 13.4. The fraction of sp³-hybridized carbons (Fsp3) is 0.724. The number of halogens is 1. The molecule has 0 radical (unpaired) electrons. The Bertz CT molecular complexity index is 833. The number of likely N-dealkylation sites (N-methyl/N-ethyl adjacent to an activating group) is 1. The van der Waals surface area contributed by atoms with Gasteiger partial charge in [0.25, 0.3) is 0 Å². The Labute approximate surface area is 228 Å². The predicted octanol–water partition coefficient (Wildman–Crippen LogP) is 5.29. The van der Waals surface area contributed by atoms with Gasteiger partial charge in [-0.1, -0.05) is 62.8 Å². The van der Waals surface area contributed by atoms with Gasteiger partial charge in [0.1, 0.15) is 0 Å². The predicted molar refractivity (Wildman–Crippen MR) is 150 cm³/mol. The molecule has 1 aromatic rings. The Morgan fingerprint density at radius 3 is 2.70 bits per heavy atom. The molecule has 3 amide bonds. The number of amides is 3. The lowest BCUT2D eigenvalue weighted by Gasteiger charge is -2.38. The molecule has 1 saturated heterocycles. The van der Waals surface area contributed by atoms with E-state index in [-0.39, 0.29) is 30.0 Å². The molecule has 7 nitrogen and oxygen atoms in total. The number of rotatable bonds is 13. The third-order valence-electron chi connectivity index (χ3n) is 7.67. The van der Waals surface area contributed by atoms with E-state index in [0.29, 0.717) is 37.1 Å². The molecule has 1 heterocycles. The van der Waals surface area contributed by atoms with Gasteiger partial charge in [0.15, 0.2) is 0 Å². The van der Waals surface area contributed by atoms with Crippen LogP contribution in [0.3, 0.4) is 0 Å². The number of piperidine rings is 1. The summed E-state index contributed by atoms with van der Waals surface area (Å²) in [6.45, 7) is 5.21. The van der Waals surface area contributed by atoms with Crippen molar-refractivity contribution in [2.75, 3.05) is 39.8 Å². The first kappa shape index (κ1) is 29.7. The second-order valence-electron chi connectivity index (χ2n) is 10.7. The second-order valence-corrected chi connectivity index (χ2v) is 11.2. The summed E-state index contributed by atoms with van der Waals surface area (Å²) >= 11 is 6.32. The van der Waals surface area contributed by atoms with E-state index in [1.54, 1.807) is 0 Å². The van der Waals surface area contributed by atoms with Gasteiger partial charge in [-0.25, -0.2) is 4.79 Å². The van der Waals surface area contributed by atoms with Crippen LogP contribution >= 0.6 is 11.6 Å². The van der Waals surface area contributed by atoms with Gasteiger partial charge in [0.05, 0.1) is 12.7 Å². The molecule has 3 N–H and O–H groups in total. The van der Waals surface area contributed by atoms with E-state index in [9.17, 15) is 9.59 Å². The van der Waals surface area contributed by atoms with Gasteiger partial charge in [-0.3, -0.25) is 4.79 Å². The molecule has 0 bridgehead atoms. The summed E-state index contributed by atoms with van der Waals surface area (Å²) in [5.74, 6) is 0.847. The molecule has 37 heavy (non-hydrogen) atoms. The van der Waals surface area contributed by atoms with Crippen LogP contribution < -0.4 is 16.0 Å². The smallest absolute Gasteiger partial charge is 0.317 e. The molecule has 2 aliphatic rings. The van der Waals surface area contributed by atoms with Crippen molar-refractivity contribution < 1.29 is 14.3 Å². The minimum atomic E-state index is -0.219. The zero-order valence-corrected chi connectivity index (χ0v) is 23.5. The van der Waals surface area contributed by atoms with Crippen molar-refractivity contribution in [1.29, 1.82) is 0 Å². The third-order valence-corrected chi connectivity index (χ3v) is 7.90. The number of nitrogens with zero attached hydrogens (tertiary/aromatic N) is 1. The average molecular weight is 535 g/mol. The van der Waals surface area contributed by atoms with E-state index in [1.807, 2.05) is 43.1 Å². The number of hydrogen-bond acceptors (Lipinski definition) is 4. The van der Waals surface area contributed by atoms with Gasteiger partial charge in [0.2, 0.25) is 5.91 Å². The molecular weight excluding hydrogens is 488 g/mol. The highest BCUT2D eigenvalue weighted by atomic mass is 35.5. The third kappa shape index (κ3) is 10.1. The summed E-state index contributed by atoms with van der Waals surface area (Å²) < 4.78 is 6.33. The first-order chi connectivity index (χ1) is 18.0. The quantitative estimate of drug-likeness (QED) is 0.321. The first-order valence-electron chi connectivity index (χ1n) is 14.3. The van der Waals surface area contributed by atoms with Crippen LogP contribution in [0.2, 0.25) is 5.02 Å². The van der Waals surface area contributed by atoms with Gasteiger partial charge >= 0.3 is 6.03 Å². The SMILES string of the molecule is CCCNC(=O)CCOC(c1cccc(Cl)c1)[C@@H]1CCCN(C(=O)N[C@H](CNC)CC2CCCCC2)C1. The molecule has 1 saturated carbocycles. The van der Waals surface area contributed by atoms with Crippen molar-refractivity contribution >= 4 is 23.5 Å². The number of hydrogen-bond donors (Lipinski definition) is 3.